The van der Waals surface area contributed by atoms with E-state index in [1.54, 1.807) is 4.90 Å². The van der Waals surface area contributed by atoms with E-state index in [1.165, 1.54) is 18.5 Å². The van der Waals surface area contributed by atoms with Gasteiger partial charge in [-0.1, -0.05) is 0 Å². The molecule has 2 atom stereocenters. The van der Waals surface area contributed by atoms with Crippen molar-refractivity contribution >= 4 is 5.91 Å². The Kier molecular flexibility index (Phi) is 3.81. The molecule has 1 fully saturated rings. The molecule has 2 rings (SSSR count). The van der Waals surface area contributed by atoms with E-state index in [1.807, 2.05) is 6.92 Å². The Morgan fingerprint density at radius 2 is 2.39 bits per heavy atom. The molecule has 1 aromatic rings. The minimum absolute atomic E-state index is 0.0784. The summed E-state index contributed by atoms with van der Waals surface area (Å²) >= 11 is 0. The molecule has 0 aromatic carbocycles. The molecule has 3 N–H and O–H groups in total. The maximum atomic E-state index is 12.3. The molecule has 0 spiro atoms. The number of hydrogen-bond donors (Lipinski definition) is 2. The zero-order valence-electron chi connectivity index (χ0n) is 10.6. The minimum Gasteiger partial charge on any atom is -0.367 e. The highest BCUT2D eigenvalue weighted by molar-refractivity contribution is 5.93. The normalized spacial score (nSPS) is 21.7. The number of carbonyl (C=O) groups is 1. The van der Waals surface area contributed by atoms with Gasteiger partial charge in [0.05, 0.1) is 0 Å². The molecule has 1 aliphatic heterocycles. The lowest BCUT2D eigenvalue weighted by Crippen LogP contribution is -2.46. The molecule has 0 aliphatic carbocycles. The highest BCUT2D eigenvalue weighted by Gasteiger charge is 2.27. The molecular formula is C13H19N3O2. The summed E-state index contributed by atoms with van der Waals surface area (Å²) in [6, 6.07) is 1.45. The fraction of sp³-hybridized carbons (Fsp3) is 0.538. The lowest BCUT2D eigenvalue weighted by atomic mass is 9.92. The van der Waals surface area contributed by atoms with Crippen LogP contribution < -0.4 is 11.2 Å². The summed E-state index contributed by atoms with van der Waals surface area (Å²) in [5.74, 6) is 0.132. The number of nitrogens with two attached hydrogens (primary N) is 1. The smallest absolute Gasteiger partial charge is 0.259 e. The molecule has 0 radical (unpaired) electrons. The van der Waals surface area contributed by atoms with E-state index in [-0.39, 0.29) is 22.9 Å². The third-order valence-electron chi connectivity index (χ3n) is 3.54. The Bertz CT molecular complexity index is 481. The second-order valence-corrected chi connectivity index (χ2v) is 4.93. The predicted octanol–water partition coefficient (Wildman–Crippen LogP) is 0.574. The number of nitrogens with one attached hydrogen (secondary N) is 1. The molecule has 5 nitrogen and oxygen atoms in total. The van der Waals surface area contributed by atoms with E-state index in [2.05, 4.69) is 4.98 Å². The fourth-order valence-corrected chi connectivity index (χ4v) is 2.38. The Morgan fingerprint density at radius 3 is 3.06 bits per heavy atom. The van der Waals surface area contributed by atoms with Gasteiger partial charge >= 0.3 is 0 Å². The van der Waals surface area contributed by atoms with Crippen molar-refractivity contribution in [2.24, 2.45) is 11.7 Å². The zero-order chi connectivity index (χ0) is 13.1. The summed E-state index contributed by atoms with van der Waals surface area (Å²) < 4.78 is 0. The molecule has 1 aliphatic rings. The van der Waals surface area contributed by atoms with Crippen molar-refractivity contribution in [1.82, 2.24) is 9.88 Å². The van der Waals surface area contributed by atoms with Gasteiger partial charge in [0.2, 0.25) is 0 Å². The quantitative estimate of drug-likeness (QED) is 0.804. The van der Waals surface area contributed by atoms with Gasteiger partial charge in [0, 0.05) is 37.6 Å². The van der Waals surface area contributed by atoms with Crippen LogP contribution in [-0.4, -0.2) is 34.9 Å². The first kappa shape index (κ1) is 12.8. The van der Waals surface area contributed by atoms with Gasteiger partial charge in [-0.15, -0.1) is 0 Å². The van der Waals surface area contributed by atoms with Crippen LogP contribution in [0.2, 0.25) is 0 Å². The predicted molar refractivity (Wildman–Crippen MR) is 69.3 cm³/mol. The molecule has 1 saturated heterocycles. The molecule has 18 heavy (non-hydrogen) atoms. The van der Waals surface area contributed by atoms with Crippen LogP contribution in [0.1, 0.15) is 30.1 Å². The fourth-order valence-electron chi connectivity index (χ4n) is 2.38. The number of amides is 1. The van der Waals surface area contributed by atoms with Crippen molar-refractivity contribution in [3.63, 3.8) is 0 Å². The second-order valence-electron chi connectivity index (χ2n) is 4.93. The van der Waals surface area contributed by atoms with Gasteiger partial charge in [-0.25, -0.2) is 0 Å². The molecule has 1 amide bonds. The van der Waals surface area contributed by atoms with Gasteiger partial charge in [0.25, 0.3) is 5.91 Å². The van der Waals surface area contributed by atoms with Gasteiger partial charge in [-0.3, -0.25) is 9.59 Å². The number of likely N-dealkylation sites (tertiary alicyclic amines) is 1. The molecule has 0 bridgehead atoms. The number of piperidine rings is 1. The van der Waals surface area contributed by atoms with Crippen molar-refractivity contribution in [1.29, 1.82) is 0 Å². The maximum Gasteiger partial charge on any atom is 0.259 e. The van der Waals surface area contributed by atoms with Crippen molar-refractivity contribution in [3.8, 4) is 0 Å². The summed E-state index contributed by atoms with van der Waals surface area (Å²) in [6.45, 7) is 3.31. The number of nitrogens with zero attached hydrogens (tertiary/aromatic N) is 1. The largest absolute Gasteiger partial charge is 0.367 e. The summed E-state index contributed by atoms with van der Waals surface area (Å²) in [7, 11) is 0. The van der Waals surface area contributed by atoms with Gasteiger partial charge < -0.3 is 15.6 Å². The number of carbonyl (C=O) groups excluding carboxylic acids is 1. The first-order valence-electron chi connectivity index (χ1n) is 6.31. The van der Waals surface area contributed by atoms with Crippen LogP contribution in [-0.2, 0) is 0 Å². The summed E-state index contributed by atoms with van der Waals surface area (Å²) in [5.41, 5.74) is 5.87. The molecule has 2 unspecified atom stereocenters. The number of pyridine rings is 1. The minimum atomic E-state index is -0.235. The van der Waals surface area contributed by atoms with Crippen LogP contribution in [0.4, 0.5) is 0 Å². The zero-order valence-corrected chi connectivity index (χ0v) is 10.6. The van der Waals surface area contributed by atoms with E-state index < -0.39 is 0 Å². The van der Waals surface area contributed by atoms with Crippen molar-refractivity contribution in [3.05, 3.63) is 34.2 Å². The highest BCUT2D eigenvalue weighted by atomic mass is 16.2. The van der Waals surface area contributed by atoms with Crippen molar-refractivity contribution in [2.75, 3.05) is 13.1 Å². The Balaban J connectivity index is 2.14. The molecule has 2 heterocycles. The van der Waals surface area contributed by atoms with E-state index in [0.29, 0.717) is 19.0 Å². The summed E-state index contributed by atoms with van der Waals surface area (Å²) in [5, 5.41) is 0. The number of aromatic amines is 1. The first-order valence-corrected chi connectivity index (χ1v) is 6.31. The van der Waals surface area contributed by atoms with Crippen molar-refractivity contribution in [2.45, 2.75) is 25.8 Å². The Morgan fingerprint density at radius 1 is 1.61 bits per heavy atom. The maximum absolute atomic E-state index is 12.3. The van der Waals surface area contributed by atoms with Gasteiger partial charge in [0.1, 0.15) is 5.56 Å². The molecule has 0 saturated carbocycles. The topological polar surface area (TPSA) is 79.2 Å². The van der Waals surface area contributed by atoms with Crippen LogP contribution in [0.3, 0.4) is 0 Å². The van der Waals surface area contributed by atoms with Crippen LogP contribution in [0.5, 0.6) is 0 Å². The number of H-pyrrole nitrogens is 1. The second kappa shape index (κ2) is 5.35. The summed E-state index contributed by atoms with van der Waals surface area (Å²) in [6.07, 6.45) is 5.00. The van der Waals surface area contributed by atoms with Gasteiger partial charge in [-0.05, 0) is 25.7 Å². The van der Waals surface area contributed by atoms with Gasteiger partial charge in [-0.2, -0.15) is 0 Å². The Hall–Kier alpha value is -1.62. The number of hydrogen-bond acceptors (Lipinski definition) is 3. The third kappa shape index (κ3) is 2.61. The van der Waals surface area contributed by atoms with E-state index in [9.17, 15) is 9.59 Å². The monoisotopic (exact) mass is 249 g/mol. The standard InChI is InChI=1S/C13H19N3O2/c1-9(14)10-3-2-6-16(8-10)13(18)11-7-15-5-4-12(11)17/h4-5,7,9-10H,2-3,6,8,14H2,1H3,(H,15,17). The average Bonchev–Trinajstić information content (AvgIpc) is 2.38. The molecule has 98 valence electrons. The van der Waals surface area contributed by atoms with Crippen LogP contribution in [0.25, 0.3) is 0 Å². The molecule has 1 aromatic heterocycles. The SMILES string of the molecule is CC(N)C1CCCN(C(=O)c2c[nH]ccc2=O)C1. The lowest BCUT2D eigenvalue weighted by molar-refractivity contribution is 0.0659. The summed E-state index contributed by atoms with van der Waals surface area (Å²) in [4.78, 5) is 28.4. The number of rotatable bonds is 2. The van der Waals surface area contributed by atoms with E-state index >= 15 is 0 Å². The lowest BCUT2D eigenvalue weighted by Gasteiger charge is -2.34. The highest BCUT2D eigenvalue weighted by Crippen LogP contribution is 2.19. The molecule has 5 heteroatoms. The number of aromatic nitrogens is 1. The third-order valence-corrected chi connectivity index (χ3v) is 3.54. The first-order chi connectivity index (χ1) is 8.59. The van der Waals surface area contributed by atoms with Crippen LogP contribution in [0.15, 0.2) is 23.3 Å². The van der Waals surface area contributed by atoms with Gasteiger partial charge in [0.15, 0.2) is 5.43 Å². The van der Waals surface area contributed by atoms with Crippen LogP contribution in [0, 0.1) is 5.92 Å². The molecular weight excluding hydrogens is 230 g/mol. The van der Waals surface area contributed by atoms with Crippen LogP contribution >= 0.6 is 0 Å². The Labute approximate surface area is 106 Å². The van der Waals surface area contributed by atoms with E-state index in [0.717, 1.165) is 12.8 Å². The van der Waals surface area contributed by atoms with Crippen molar-refractivity contribution < 1.29 is 4.79 Å². The average molecular weight is 249 g/mol. The van der Waals surface area contributed by atoms with E-state index in [4.69, 9.17) is 5.73 Å².